The molecule has 0 spiro atoms. The first kappa shape index (κ1) is 16.8. The van der Waals surface area contributed by atoms with E-state index in [0.717, 1.165) is 24.9 Å². The van der Waals surface area contributed by atoms with Gasteiger partial charge in [-0.3, -0.25) is 4.79 Å². The van der Waals surface area contributed by atoms with Gasteiger partial charge in [0.05, 0.1) is 5.92 Å². The van der Waals surface area contributed by atoms with E-state index in [4.69, 9.17) is 0 Å². The molecule has 2 saturated carbocycles. The number of allylic oxidation sites excluding steroid dienone is 1. The van der Waals surface area contributed by atoms with Crippen molar-refractivity contribution in [3.63, 3.8) is 0 Å². The second-order valence-corrected chi connectivity index (χ2v) is 4.10. The molecule has 2 fully saturated rings. The second-order valence-electron chi connectivity index (χ2n) is 4.10. The van der Waals surface area contributed by atoms with E-state index in [-0.39, 0.29) is 23.0 Å². The molecule has 0 aromatic heterocycles. The minimum absolute atomic E-state index is 0. The SMILES string of the molecule is CCN1CC=C[C]2[CH][CH][CH][C]2C1=O.[CH]1[CH][CH][CH][CH]1.[Fe+2]. The summed E-state index contributed by atoms with van der Waals surface area (Å²) < 4.78 is 0. The van der Waals surface area contributed by atoms with Crippen LogP contribution in [-0.4, -0.2) is 23.9 Å². The molecule has 0 bridgehead atoms. The third-order valence-electron chi connectivity index (χ3n) is 2.93. The zero-order valence-corrected chi connectivity index (χ0v) is 12.0. The fourth-order valence-corrected chi connectivity index (χ4v) is 1.93. The van der Waals surface area contributed by atoms with Gasteiger partial charge in [-0.2, -0.15) is 0 Å². The Hall–Kier alpha value is -0.271. The Bertz CT molecular complexity index is 292. The van der Waals surface area contributed by atoms with Crippen molar-refractivity contribution in [2.45, 2.75) is 6.92 Å². The largest absolute Gasteiger partial charge is 2.00 e. The van der Waals surface area contributed by atoms with E-state index in [0.29, 0.717) is 0 Å². The number of amides is 1. The fraction of sp³-hybridized carbons (Fsp3) is 0.188. The maximum atomic E-state index is 11.8. The molecule has 3 aliphatic rings. The van der Waals surface area contributed by atoms with Crippen molar-refractivity contribution in [3.05, 3.63) is 75.4 Å². The molecule has 19 heavy (non-hydrogen) atoms. The number of likely N-dealkylation sites (N-methyl/N-ethyl adjacent to an activating group) is 1. The first-order valence-corrected chi connectivity index (χ1v) is 6.21. The number of hydrogen-bond acceptors (Lipinski definition) is 1. The van der Waals surface area contributed by atoms with Crippen LogP contribution in [0.4, 0.5) is 0 Å². The second kappa shape index (κ2) is 8.81. The Morgan fingerprint density at radius 1 is 1.05 bits per heavy atom. The zero-order valence-electron chi connectivity index (χ0n) is 10.9. The van der Waals surface area contributed by atoms with E-state index in [2.05, 4.69) is 0 Å². The molecule has 0 saturated heterocycles. The van der Waals surface area contributed by atoms with Crippen molar-refractivity contribution in [2.24, 2.45) is 0 Å². The maximum absolute atomic E-state index is 11.8. The summed E-state index contributed by atoms with van der Waals surface area (Å²) in [7, 11) is 0. The normalized spacial score (nSPS) is 23.4. The molecule has 1 aliphatic heterocycles. The quantitative estimate of drug-likeness (QED) is 0.679. The van der Waals surface area contributed by atoms with Crippen molar-refractivity contribution in [1.82, 2.24) is 4.90 Å². The van der Waals surface area contributed by atoms with E-state index in [1.165, 1.54) is 0 Å². The maximum Gasteiger partial charge on any atom is 2.00 e. The summed E-state index contributed by atoms with van der Waals surface area (Å²) >= 11 is 0. The monoisotopic (exact) mass is 295 g/mol. The summed E-state index contributed by atoms with van der Waals surface area (Å²) in [6.07, 6.45) is 19.8. The Labute approximate surface area is 128 Å². The molecule has 0 unspecified atom stereocenters. The van der Waals surface area contributed by atoms with E-state index in [1.807, 2.05) is 75.3 Å². The van der Waals surface area contributed by atoms with Crippen molar-refractivity contribution in [2.75, 3.05) is 13.1 Å². The molecular formula is C16H17FeNO+2. The van der Waals surface area contributed by atoms with Crippen LogP contribution >= 0.6 is 0 Å². The molecule has 1 heterocycles. The van der Waals surface area contributed by atoms with Gasteiger partial charge >= 0.3 is 17.1 Å². The standard InChI is InChI=1S/C11H12NO.C5H5.Fe/c1-2-12-8-4-6-9-5-3-7-10(9)11(12)13;1-2-4-5-3-1;/h3-7H,2,8H2,1H3;1-5H;/q;;+2. The van der Waals surface area contributed by atoms with Gasteiger partial charge in [0.25, 0.3) is 0 Å². The molecular weight excluding hydrogens is 278 g/mol. The van der Waals surface area contributed by atoms with E-state index in [1.54, 1.807) is 0 Å². The van der Waals surface area contributed by atoms with Crippen LogP contribution in [-0.2, 0) is 21.9 Å². The average molecular weight is 295 g/mol. The molecule has 0 N–H and O–H groups in total. The first-order chi connectivity index (χ1) is 8.83. The molecule has 98 valence electrons. The molecule has 0 aromatic carbocycles. The van der Waals surface area contributed by atoms with Crippen molar-refractivity contribution < 1.29 is 21.9 Å². The van der Waals surface area contributed by atoms with Crippen LogP contribution < -0.4 is 0 Å². The van der Waals surface area contributed by atoms with Crippen LogP contribution in [0.5, 0.6) is 0 Å². The van der Waals surface area contributed by atoms with Gasteiger partial charge in [-0.05, 0) is 58.3 Å². The number of fused-ring (bicyclic) bond motifs is 1. The van der Waals surface area contributed by atoms with Gasteiger partial charge < -0.3 is 4.90 Å². The van der Waals surface area contributed by atoms with Gasteiger partial charge in [0.2, 0.25) is 5.91 Å². The van der Waals surface area contributed by atoms with Gasteiger partial charge in [0.1, 0.15) is 0 Å². The predicted octanol–water partition coefficient (Wildman–Crippen LogP) is 2.20. The molecule has 2 aliphatic carbocycles. The number of hydrogen-bond donors (Lipinski definition) is 0. The summed E-state index contributed by atoms with van der Waals surface area (Å²) in [4.78, 5) is 13.7. The summed E-state index contributed by atoms with van der Waals surface area (Å²) in [5, 5.41) is 0. The van der Waals surface area contributed by atoms with Crippen molar-refractivity contribution >= 4 is 5.91 Å². The minimum Gasteiger partial charge on any atom is -0.339 e. The van der Waals surface area contributed by atoms with Gasteiger partial charge in [-0.25, -0.2) is 0 Å². The molecule has 0 atom stereocenters. The third kappa shape index (κ3) is 4.65. The molecule has 3 rings (SSSR count). The van der Waals surface area contributed by atoms with Crippen molar-refractivity contribution in [1.29, 1.82) is 0 Å². The predicted molar refractivity (Wildman–Crippen MR) is 72.3 cm³/mol. The zero-order chi connectivity index (χ0) is 12.8. The summed E-state index contributed by atoms with van der Waals surface area (Å²) in [5.41, 5.74) is 0. The summed E-state index contributed by atoms with van der Waals surface area (Å²) in [6, 6.07) is 0. The minimum atomic E-state index is 0. The molecule has 0 aromatic rings. The summed E-state index contributed by atoms with van der Waals surface area (Å²) in [5.74, 6) is 2.02. The molecule has 10 radical (unpaired) electrons. The molecule has 1 amide bonds. The van der Waals surface area contributed by atoms with Crippen LogP contribution in [0.25, 0.3) is 0 Å². The Kier molecular flexibility index (Phi) is 7.78. The number of carbonyl (C=O) groups is 1. The Balaban J connectivity index is 0.000000256. The molecule has 3 heteroatoms. The van der Waals surface area contributed by atoms with Crippen LogP contribution in [0, 0.1) is 63.2 Å². The average Bonchev–Trinajstić information content (AvgIpc) is 3.06. The Morgan fingerprint density at radius 2 is 1.68 bits per heavy atom. The van der Waals surface area contributed by atoms with Gasteiger partial charge in [-0.15, -0.1) is 0 Å². The summed E-state index contributed by atoms with van der Waals surface area (Å²) in [6.45, 7) is 3.50. The third-order valence-corrected chi connectivity index (χ3v) is 2.93. The number of carbonyl (C=O) groups excluding carboxylic acids is 1. The van der Waals surface area contributed by atoms with Gasteiger partial charge in [0.15, 0.2) is 0 Å². The Morgan fingerprint density at radius 3 is 2.26 bits per heavy atom. The number of rotatable bonds is 1. The topological polar surface area (TPSA) is 20.3 Å². The van der Waals surface area contributed by atoms with Crippen molar-refractivity contribution in [3.8, 4) is 0 Å². The van der Waals surface area contributed by atoms with E-state index >= 15 is 0 Å². The van der Waals surface area contributed by atoms with Gasteiger partial charge in [-0.1, -0.05) is 12.2 Å². The van der Waals surface area contributed by atoms with Crippen LogP contribution in [0.2, 0.25) is 0 Å². The number of nitrogens with zero attached hydrogens (tertiary/aromatic N) is 1. The van der Waals surface area contributed by atoms with Gasteiger partial charge in [0, 0.05) is 19.0 Å². The van der Waals surface area contributed by atoms with E-state index in [9.17, 15) is 4.79 Å². The smallest absolute Gasteiger partial charge is 0.339 e. The molecule has 2 nitrogen and oxygen atoms in total. The van der Waals surface area contributed by atoms with Crippen LogP contribution in [0.1, 0.15) is 6.92 Å². The first-order valence-electron chi connectivity index (χ1n) is 6.21. The van der Waals surface area contributed by atoms with Crippen LogP contribution in [0.15, 0.2) is 12.2 Å². The van der Waals surface area contributed by atoms with E-state index < -0.39 is 0 Å². The van der Waals surface area contributed by atoms with Crippen LogP contribution in [0.3, 0.4) is 0 Å². The fourth-order valence-electron chi connectivity index (χ4n) is 1.93.